The van der Waals surface area contributed by atoms with Gasteiger partial charge < -0.3 is 14.0 Å². The van der Waals surface area contributed by atoms with Crippen LogP contribution in [0.5, 0.6) is 5.75 Å². The molecule has 0 N–H and O–H groups in total. The largest absolute Gasteiger partial charge is 0.497 e. The molecule has 7 nitrogen and oxygen atoms in total. The number of ether oxygens (including phenoxy) is 2. The van der Waals surface area contributed by atoms with Gasteiger partial charge >= 0.3 is 5.97 Å². The Hall–Kier alpha value is -3.61. The molecular formula is C21H20N2O5. The van der Waals surface area contributed by atoms with E-state index >= 15 is 0 Å². The van der Waals surface area contributed by atoms with Crippen LogP contribution in [-0.4, -0.2) is 29.2 Å². The highest BCUT2D eigenvalue weighted by Gasteiger charge is 2.22. The van der Waals surface area contributed by atoms with Crippen molar-refractivity contribution in [3.05, 3.63) is 76.1 Å². The highest BCUT2D eigenvalue weighted by molar-refractivity contribution is 5.99. The van der Waals surface area contributed by atoms with Crippen molar-refractivity contribution in [2.45, 2.75) is 13.8 Å². The maximum atomic E-state index is 12.6. The minimum absolute atomic E-state index is 0.00672. The molecular weight excluding hydrogens is 360 g/mol. The van der Waals surface area contributed by atoms with Crippen LogP contribution in [-0.2, 0) is 4.74 Å². The summed E-state index contributed by atoms with van der Waals surface area (Å²) < 4.78 is 12.3. The van der Waals surface area contributed by atoms with Gasteiger partial charge in [-0.3, -0.25) is 10.1 Å². The van der Waals surface area contributed by atoms with Gasteiger partial charge in [-0.2, -0.15) is 0 Å². The van der Waals surface area contributed by atoms with E-state index in [0.717, 1.165) is 17.1 Å². The van der Waals surface area contributed by atoms with Gasteiger partial charge in [0.15, 0.2) is 0 Å². The van der Waals surface area contributed by atoms with Gasteiger partial charge in [-0.15, -0.1) is 0 Å². The summed E-state index contributed by atoms with van der Waals surface area (Å²) in [4.78, 5) is 23.1. The SMILES string of the molecule is CCOC(=O)c1c(-c2ccc([N+](=O)[O-])cc2)cn(-c2ccc(OC)cc2)c1C. The lowest BCUT2D eigenvalue weighted by molar-refractivity contribution is -0.384. The minimum atomic E-state index is -0.455. The molecule has 0 fully saturated rings. The Labute approximate surface area is 162 Å². The van der Waals surface area contributed by atoms with Gasteiger partial charge in [-0.25, -0.2) is 4.79 Å². The summed E-state index contributed by atoms with van der Waals surface area (Å²) in [6.07, 6.45) is 1.84. The van der Waals surface area contributed by atoms with E-state index in [2.05, 4.69) is 0 Å². The van der Waals surface area contributed by atoms with Crippen LogP contribution in [0.1, 0.15) is 23.0 Å². The number of carbonyl (C=O) groups excluding carboxylic acids is 1. The molecule has 1 aromatic heterocycles. The highest BCUT2D eigenvalue weighted by Crippen LogP contribution is 2.32. The van der Waals surface area contributed by atoms with Gasteiger partial charge in [0.1, 0.15) is 5.75 Å². The van der Waals surface area contributed by atoms with Crippen molar-refractivity contribution >= 4 is 11.7 Å². The molecule has 2 aromatic carbocycles. The molecule has 0 atom stereocenters. The van der Waals surface area contributed by atoms with Gasteiger partial charge in [0.25, 0.3) is 5.69 Å². The third-order valence-electron chi connectivity index (χ3n) is 4.47. The number of rotatable bonds is 6. The van der Waals surface area contributed by atoms with Crippen molar-refractivity contribution in [1.82, 2.24) is 4.57 Å². The molecule has 144 valence electrons. The molecule has 0 aliphatic rings. The molecule has 7 heteroatoms. The van der Waals surface area contributed by atoms with Gasteiger partial charge in [-0.05, 0) is 55.8 Å². The van der Waals surface area contributed by atoms with Gasteiger partial charge in [0.2, 0.25) is 0 Å². The lowest BCUT2D eigenvalue weighted by Crippen LogP contribution is -2.07. The van der Waals surface area contributed by atoms with Crippen LogP contribution in [0.25, 0.3) is 16.8 Å². The smallest absolute Gasteiger partial charge is 0.340 e. The third-order valence-corrected chi connectivity index (χ3v) is 4.47. The summed E-state index contributed by atoms with van der Waals surface area (Å²) in [6, 6.07) is 13.6. The molecule has 0 saturated carbocycles. The number of hydrogen-bond acceptors (Lipinski definition) is 5. The zero-order valence-electron chi connectivity index (χ0n) is 15.8. The number of nitro groups is 1. The number of benzene rings is 2. The zero-order chi connectivity index (χ0) is 20.3. The van der Waals surface area contributed by atoms with E-state index in [1.165, 1.54) is 12.1 Å². The highest BCUT2D eigenvalue weighted by atomic mass is 16.6. The number of esters is 1. The van der Waals surface area contributed by atoms with Crippen molar-refractivity contribution in [2.24, 2.45) is 0 Å². The molecule has 0 spiro atoms. The number of non-ortho nitro benzene ring substituents is 1. The summed E-state index contributed by atoms with van der Waals surface area (Å²) in [5.41, 5.74) is 3.36. The standard InChI is InChI=1S/C21H20N2O5/c1-4-28-21(24)20-14(2)22(16-9-11-18(27-3)12-10-16)13-19(20)15-5-7-17(8-6-15)23(25)26/h5-13H,4H2,1-3H3. The van der Waals surface area contributed by atoms with Crippen LogP contribution >= 0.6 is 0 Å². The predicted octanol–water partition coefficient (Wildman–Crippen LogP) is 4.55. The zero-order valence-corrected chi connectivity index (χ0v) is 15.8. The van der Waals surface area contributed by atoms with E-state index in [4.69, 9.17) is 9.47 Å². The Kier molecular flexibility index (Phi) is 5.44. The number of nitrogens with zero attached hydrogens (tertiary/aromatic N) is 2. The third kappa shape index (κ3) is 3.59. The van der Waals surface area contributed by atoms with E-state index in [0.29, 0.717) is 16.7 Å². The molecule has 3 aromatic rings. The average Bonchev–Trinajstić information content (AvgIpc) is 3.05. The Morgan fingerprint density at radius 3 is 2.29 bits per heavy atom. The topological polar surface area (TPSA) is 83.6 Å². The Morgan fingerprint density at radius 1 is 1.11 bits per heavy atom. The Balaban J connectivity index is 2.14. The maximum absolute atomic E-state index is 12.6. The fourth-order valence-corrected chi connectivity index (χ4v) is 3.06. The molecule has 0 unspecified atom stereocenters. The van der Waals surface area contributed by atoms with Crippen molar-refractivity contribution in [1.29, 1.82) is 0 Å². The maximum Gasteiger partial charge on any atom is 0.340 e. The molecule has 0 saturated heterocycles. The van der Waals surface area contributed by atoms with Crippen LogP contribution in [0.2, 0.25) is 0 Å². The quantitative estimate of drug-likeness (QED) is 0.356. The Bertz CT molecular complexity index is 1000. The van der Waals surface area contributed by atoms with E-state index in [9.17, 15) is 14.9 Å². The van der Waals surface area contributed by atoms with Gasteiger partial charge in [0, 0.05) is 35.3 Å². The van der Waals surface area contributed by atoms with Crippen molar-refractivity contribution in [2.75, 3.05) is 13.7 Å². The summed E-state index contributed by atoms with van der Waals surface area (Å²) in [7, 11) is 1.60. The normalized spacial score (nSPS) is 10.5. The lowest BCUT2D eigenvalue weighted by Gasteiger charge is -2.08. The number of aromatic nitrogens is 1. The van der Waals surface area contributed by atoms with Crippen LogP contribution in [0.15, 0.2) is 54.7 Å². The molecule has 1 heterocycles. The first-order valence-corrected chi connectivity index (χ1v) is 8.74. The summed E-state index contributed by atoms with van der Waals surface area (Å²) >= 11 is 0. The first-order valence-electron chi connectivity index (χ1n) is 8.74. The molecule has 0 radical (unpaired) electrons. The fourth-order valence-electron chi connectivity index (χ4n) is 3.06. The lowest BCUT2D eigenvalue weighted by atomic mass is 10.0. The number of hydrogen-bond donors (Lipinski definition) is 0. The predicted molar refractivity (Wildman–Crippen MR) is 105 cm³/mol. The monoisotopic (exact) mass is 380 g/mol. The van der Waals surface area contributed by atoms with Crippen molar-refractivity contribution < 1.29 is 19.2 Å². The second-order valence-electron chi connectivity index (χ2n) is 6.10. The summed E-state index contributed by atoms with van der Waals surface area (Å²) in [5.74, 6) is 0.301. The van der Waals surface area contributed by atoms with Crippen LogP contribution in [0.4, 0.5) is 5.69 Å². The molecule has 3 rings (SSSR count). The van der Waals surface area contributed by atoms with Crippen LogP contribution in [0, 0.1) is 17.0 Å². The molecule has 28 heavy (non-hydrogen) atoms. The molecule has 0 amide bonds. The van der Waals surface area contributed by atoms with Crippen molar-refractivity contribution in [3.63, 3.8) is 0 Å². The van der Waals surface area contributed by atoms with Gasteiger partial charge in [0.05, 0.1) is 24.2 Å². The number of methoxy groups -OCH3 is 1. The molecule has 0 bridgehead atoms. The van der Waals surface area contributed by atoms with E-state index in [1.807, 2.05) is 42.0 Å². The van der Waals surface area contributed by atoms with Crippen molar-refractivity contribution in [3.8, 4) is 22.6 Å². The molecule has 0 aliphatic carbocycles. The minimum Gasteiger partial charge on any atom is -0.497 e. The fraction of sp³-hybridized carbons (Fsp3) is 0.190. The Morgan fingerprint density at radius 2 is 1.75 bits per heavy atom. The van der Waals surface area contributed by atoms with E-state index in [-0.39, 0.29) is 12.3 Å². The average molecular weight is 380 g/mol. The number of carbonyl (C=O) groups is 1. The van der Waals surface area contributed by atoms with Crippen LogP contribution in [0.3, 0.4) is 0 Å². The summed E-state index contributed by atoms with van der Waals surface area (Å²) in [6.45, 7) is 3.84. The first-order chi connectivity index (χ1) is 13.5. The summed E-state index contributed by atoms with van der Waals surface area (Å²) in [5, 5.41) is 10.9. The first kappa shape index (κ1) is 19.2. The number of nitro benzene ring substituents is 1. The van der Waals surface area contributed by atoms with E-state index < -0.39 is 10.9 Å². The molecule has 0 aliphatic heterocycles. The van der Waals surface area contributed by atoms with E-state index in [1.54, 1.807) is 26.2 Å². The van der Waals surface area contributed by atoms with Gasteiger partial charge in [-0.1, -0.05) is 0 Å². The second-order valence-corrected chi connectivity index (χ2v) is 6.10. The second kappa shape index (κ2) is 7.96. The van der Waals surface area contributed by atoms with Crippen LogP contribution < -0.4 is 4.74 Å².